The number of nitrogens with zero attached hydrogens (tertiary/aromatic N) is 2. The van der Waals surface area contributed by atoms with Gasteiger partial charge < -0.3 is 5.11 Å². The molecule has 1 N–H and O–H groups in total. The molecule has 0 aliphatic heterocycles. The van der Waals surface area contributed by atoms with Crippen molar-refractivity contribution in [3.63, 3.8) is 0 Å². The van der Waals surface area contributed by atoms with Crippen LogP contribution in [0.25, 0.3) is 10.9 Å². The van der Waals surface area contributed by atoms with E-state index >= 15 is 0 Å². The van der Waals surface area contributed by atoms with Crippen molar-refractivity contribution >= 4 is 16.9 Å². The van der Waals surface area contributed by atoms with Crippen LogP contribution in [0.3, 0.4) is 0 Å². The van der Waals surface area contributed by atoms with E-state index in [9.17, 15) is 4.79 Å². The van der Waals surface area contributed by atoms with E-state index in [1.54, 1.807) is 16.8 Å². The third-order valence-electron chi connectivity index (χ3n) is 2.67. The molecule has 1 heterocycles. The van der Waals surface area contributed by atoms with E-state index < -0.39 is 5.97 Å². The van der Waals surface area contributed by atoms with Gasteiger partial charge in [0.2, 0.25) is 0 Å². The molecule has 0 saturated carbocycles. The number of hydrogen-bond donors (Lipinski definition) is 1. The van der Waals surface area contributed by atoms with Gasteiger partial charge in [-0.05, 0) is 18.1 Å². The summed E-state index contributed by atoms with van der Waals surface area (Å²) in [4.78, 5) is 10.9. The second-order valence-corrected chi connectivity index (χ2v) is 4.20. The number of aromatic carboxylic acids is 1. The van der Waals surface area contributed by atoms with Crippen molar-refractivity contribution in [1.29, 1.82) is 0 Å². The monoisotopic (exact) mass is 218 g/mol. The summed E-state index contributed by atoms with van der Waals surface area (Å²) in [6, 6.07) is 5.12. The van der Waals surface area contributed by atoms with Crippen LogP contribution in [0.4, 0.5) is 0 Å². The van der Waals surface area contributed by atoms with Crippen LogP contribution in [0.5, 0.6) is 0 Å². The second kappa shape index (κ2) is 3.63. The van der Waals surface area contributed by atoms with Crippen LogP contribution < -0.4 is 0 Å². The molecule has 1 aromatic carbocycles. The Kier molecular flexibility index (Phi) is 2.42. The normalized spacial score (nSPS) is 11.2. The lowest BCUT2D eigenvalue weighted by atomic mass is 10.0. The molecule has 2 rings (SSSR count). The molecular weight excluding hydrogens is 204 g/mol. The lowest BCUT2D eigenvalue weighted by Crippen LogP contribution is -1.96. The minimum atomic E-state index is -0.908. The van der Waals surface area contributed by atoms with Crippen molar-refractivity contribution in [2.75, 3.05) is 0 Å². The Labute approximate surface area is 93.5 Å². The molecule has 4 nitrogen and oxygen atoms in total. The first-order valence-corrected chi connectivity index (χ1v) is 5.20. The highest BCUT2D eigenvalue weighted by atomic mass is 16.4. The Morgan fingerprint density at radius 3 is 2.69 bits per heavy atom. The number of carbonyl (C=O) groups is 1. The molecule has 1 aromatic heterocycles. The van der Waals surface area contributed by atoms with Crippen LogP contribution in [0.2, 0.25) is 0 Å². The average Bonchev–Trinajstić information content (AvgIpc) is 2.56. The Balaban J connectivity index is 2.71. The van der Waals surface area contributed by atoms with Gasteiger partial charge in [-0.2, -0.15) is 5.10 Å². The number of carboxylic acids is 1. The summed E-state index contributed by atoms with van der Waals surface area (Å²) < 4.78 is 1.73. The fraction of sp³-hybridized carbons (Fsp3) is 0.333. The topological polar surface area (TPSA) is 55.1 Å². The summed E-state index contributed by atoms with van der Waals surface area (Å²) >= 11 is 0. The van der Waals surface area contributed by atoms with E-state index in [-0.39, 0.29) is 0 Å². The van der Waals surface area contributed by atoms with Gasteiger partial charge in [0.1, 0.15) is 0 Å². The first kappa shape index (κ1) is 10.7. The number of benzene rings is 1. The molecule has 0 spiro atoms. The SMILES string of the molecule is CC(C)c1nn(C)c2cc(C(=O)O)ccc12. The summed E-state index contributed by atoms with van der Waals surface area (Å²) in [7, 11) is 1.83. The standard InChI is InChI=1S/C12H14N2O2/c1-7(2)11-9-5-4-8(12(15)16)6-10(9)14(3)13-11/h4-7H,1-3H3,(H,15,16). The lowest BCUT2D eigenvalue weighted by Gasteiger charge is -2.00. The molecule has 2 aromatic rings. The molecule has 0 atom stereocenters. The molecular formula is C12H14N2O2. The largest absolute Gasteiger partial charge is 0.478 e. The fourth-order valence-corrected chi connectivity index (χ4v) is 1.84. The second-order valence-electron chi connectivity index (χ2n) is 4.20. The molecule has 16 heavy (non-hydrogen) atoms. The van der Waals surface area contributed by atoms with Crippen LogP contribution in [0.15, 0.2) is 18.2 Å². The molecule has 0 fully saturated rings. The maximum atomic E-state index is 10.9. The molecule has 0 bridgehead atoms. The zero-order valence-corrected chi connectivity index (χ0v) is 9.56. The van der Waals surface area contributed by atoms with Crippen LogP contribution >= 0.6 is 0 Å². The van der Waals surface area contributed by atoms with E-state index in [2.05, 4.69) is 18.9 Å². The first-order chi connectivity index (χ1) is 7.50. The zero-order valence-electron chi connectivity index (χ0n) is 9.56. The highest BCUT2D eigenvalue weighted by Crippen LogP contribution is 2.25. The van der Waals surface area contributed by atoms with Crippen molar-refractivity contribution in [1.82, 2.24) is 9.78 Å². The van der Waals surface area contributed by atoms with E-state index in [4.69, 9.17) is 5.11 Å². The average molecular weight is 218 g/mol. The molecule has 0 aliphatic carbocycles. The van der Waals surface area contributed by atoms with Gasteiger partial charge in [-0.1, -0.05) is 19.9 Å². The minimum absolute atomic E-state index is 0.297. The van der Waals surface area contributed by atoms with Gasteiger partial charge in [0.25, 0.3) is 0 Å². The summed E-state index contributed by atoms with van der Waals surface area (Å²) in [5.41, 5.74) is 2.17. The number of fused-ring (bicyclic) bond motifs is 1. The maximum Gasteiger partial charge on any atom is 0.335 e. The van der Waals surface area contributed by atoms with Gasteiger partial charge in [-0.15, -0.1) is 0 Å². The number of rotatable bonds is 2. The molecule has 0 radical (unpaired) electrons. The van der Waals surface area contributed by atoms with Crippen LogP contribution in [-0.4, -0.2) is 20.9 Å². The van der Waals surface area contributed by atoms with Crippen LogP contribution in [0, 0.1) is 0 Å². The van der Waals surface area contributed by atoms with Crippen molar-refractivity contribution in [3.8, 4) is 0 Å². The lowest BCUT2D eigenvalue weighted by molar-refractivity contribution is 0.0697. The van der Waals surface area contributed by atoms with Crippen LogP contribution in [-0.2, 0) is 7.05 Å². The third-order valence-corrected chi connectivity index (χ3v) is 2.67. The molecule has 0 saturated heterocycles. The molecule has 0 unspecified atom stereocenters. The number of carboxylic acid groups (broad SMARTS) is 1. The summed E-state index contributed by atoms with van der Waals surface area (Å²) in [6.07, 6.45) is 0. The quantitative estimate of drug-likeness (QED) is 0.842. The van der Waals surface area contributed by atoms with Crippen LogP contribution in [0.1, 0.15) is 35.8 Å². The van der Waals surface area contributed by atoms with Gasteiger partial charge in [0.05, 0.1) is 16.8 Å². The summed E-state index contributed by atoms with van der Waals surface area (Å²) in [5.74, 6) is -0.575. The molecule has 4 heteroatoms. The molecule has 0 amide bonds. The predicted molar refractivity (Wildman–Crippen MR) is 61.8 cm³/mol. The van der Waals surface area contributed by atoms with Crippen molar-refractivity contribution in [2.24, 2.45) is 7.05 Å². The van der Waals surface area contributed by atoms with E-state index in [0.29, 0.717) is 11.5 Å². The molecule has 84 valence electrons. The van der Waals surface area contributed by atoms with Gasteiger partial charge in [-0.3, -0.25) is 4.68 Å². The number of aryl methyl sites for hydroxylation is 1. The smallest absolute Gasteiger partial charge is 0.335 e. The van der Waals surface area contributed by atoms with Gasteiger partial charge in [-0.25, -0.2) is 4.79 Å². The minimum Gasteiger partial charge on any atom is -0.478 e. The van der Waals surface area contributed by atoms with Gasteiger partial charge >= 0.3 is 5.97 Å². The highest BCUT2D eigenvalue weighted by molar-refractivity contribution is 5.94. The Morgan fingerprint density at radius 2 is 2.12 bits per heavy atom. The predicted octanol–water partition coefficient (Wildman–Crippen LogP) is 2.39. The first-order valence-electron chi connectivity index (χ1n) is 5.20. The number of hydrogen-bond acceptors (Lipinski definition) is 2. The van der Waals surface area contributed by atoms with E-state index in [1.807, 2.05) is 13.1 Å². The Morgan fingerprint density at radius 1 is 1.44 bits per heavy atom. The van der Waals surface area contributed by atoms with E-state index in [0.717, 1.165) is 16.6 Å². The maximum absolute atomic E-state index is 10.9. The summed E-state index contributed by atoms with van der Waals surface area (Å²) in [5, 5.41) is 14.4. The van der Waals surface area contributed by atoms with Crippen molar-refractivity contribution in [2.45, 2.75) is 19.8 Å². The Bertz CT molecular complexity index is 555. The van der Waals surface area contributed by atoms with E-state index in [1.165, 1.54) is 0 Å². The Hall–Kier alpha value is -1.84. The highest BCUT2D eigenvalue weighted by Gasteiger charge is 2.13. The van der Waals surface area contributed by atoms with Crippen molar-refractivity contribution in [3.05, 3.63) is 29.5 Å². The zero-order chi connectivity index (χ0) is 11.9. The van der Waals surface area contributed by atoms with Gasteiger partial charge in [0.15, 0.2) is 0 Å². The van der Waals surface area contributed by atoms with Gasteiger partial charge in [0, 0.05) is 12.4 Å². The van der Waals surface area contributed by atoms with Crippen molar-refractivity contribution < 1.29 is 9.90 Å². The summed E-state index contributed by atoms with van der Waals surface area (Å²) in [6.45, 7) is 4.15. The molecule has 0 aliphatic rings. The number of aromatic nitrogens is 2. The fourth-order valence-electron chi connectivity index (χ4n) is 1.84. The third kappa shape index (κ3) is 1.56.